The van der Waals surface area contributed by atoms with Crippen LogP contribution in [0.2, 0.25) is 0 Å². The number of hydrogen-bond donors (Lipinski definition) is 2. The number of carbonyl (C=O) groups is 1. The number of ether oxygens (including phenoxy) is 1. The van der Waals surface area contributed by atoms with E-state index in [0.29, 0.717) is 12.3 Å². The molecule has 0 aliphatic carbocycles. The third-order valence-electron chi connectivity index (χ3n) is 2.66. The highest BCUT2D eigenvalue weighted by Gasteiger charge is 2.15. The summed E-state index contributed by atoms with van der Waals surface area (Å²) in [6.07, 6.45) is 1.07. The molecule has 0 saturated carbocycles. The summed E-state index contributed by atoms with van der Waals surface area (Å²) in [6.45, 7) is 11.5. The van der Waals surface area contributed by atoms with Crippen LogP contribution in [0, 0.1) is 6.92 Å². The minimum atomic E-state index is -0.252. The van der Waals surface area contributed by atoms with Gasteiger partial charge in [0.1, 0.15) is 5.75 Å². The van der Waals surface area contributed by atoms with Crippen LogP contribution in [0.15, 0.2) is 12.1 Å². The quantitative estimate of drug-likeness (QED) is 0.756. The summed E-state index contributed by atoms with van der Waals surface area (Å²) in [6, 6.07) is 3.76. The van der Waals surface area contributed by atoms with Crippen molar-refractivity contribution >= 4 is 5.91 Å². The number of amides is 1. The molecule has 1 rings (SSSR count). The number of nitrogens with zero attached hydrogens (tertiary/aromatic N) is 1. The molecule has 21 heavy (non-hydrogen) atoms. The van der Waals surface area contributed by atoms with Gasteiger partial charge in [-0.05, 0) is 52.8 Å². The van der Waals surface area contributed by atoms with Crippen LogP contribution in [0.25, 0.3) is 0 Å². The molecule has 5 heteroatoms. The Morgan fingerprint density at radius 3 is 2.67 bits per heavy atom. The Kier molecular flexibility index (Phi) is 6.62. The van der Waals surface area contributed by atoms with Crippen LogP contribution in [0.4, 0.5) is 0 Å². The van der Waals surface area contributed by atoms with Crippen molar-refractivity contribution in [2.75, 3.05) is 13.2 Å². The first kappa shape index (κ1) is 17.4. The van der Waals surface area contributed by atoms with Crippen LogP contribution in [0.3, 0.4) is 0 Å². The van der Waals surface area contributed by atoms with Crippen molar-refractivity contribution in [3.63, 3.8) is 0 Å². The first-order valence-electron chi connectivity index (χ1n) is 7.43. The molecule has 0 bridgehead atoms. The lowest BCUT2D eigenvalue weighted by molar-refractivity contribution is -0.124. The van der Waals surface area contributed by atoms with Crippen LogP contribution < -0.4 is 15.4 Å². The van der Waals surface area contributed by atoms with Gasteiger partial charge in [-0.15, -0.1) is 0 Å². The molecule has 1 heterocycles. The molecule has 5 nitrogen and oxygen atoms in total. The molecule has 118 valence electrons. The second-order valence-electron chi connectivity index (χ2n) is 6.16. The number of rotatable bonds is 7. The molecule has 0 aromatic carbocycles. The Hall–Kier alpha value is -1.62. The number of aromatic nitrogens is 1. The highest BCUT2D eigenvalue weighted by molar-refractivity contribution is 5.78. The zero-order chi connectivity index (χ0) is 15.9. The fourth-order valence-corrected chi connectivity index (χ4v) is 1.84. The molecule has 0 fully saturated rings. The molecule has 0 radical (unpaired) electrons. The highest BCUT2D eigenvalue weighted by atomic mass is 16.5. The van der Waals surface area contributed by atoms with Gasteiger partial charge in [0, 0.05) is 17.8 Å². The van der Waals surface area contributed by atoms with E-state index < -0.39 is 0 Å². The molecule has 0 unspecified atom stereocenters. The molecule has 0 aliphatic rings. The molecule has 1 aromatic heterocycles. The van der Waals surface area contributed by atoms with Gasteiger partial charge in [-0.25, -0.2) is 0 Å². The Morgan fingerprint density at radius 2 is 2.05 bits per heavy atom. The smallest absolute Gasteiger partial charge is 0.258 e. The molecule has 0 aliphatic heterocycles. The first-order chi connectivity index (χ1) is 9.81. The second kappa shape index (κ2) is 7.98. The van der Waals surface area contributed by atoms with E-state index in [0.717, 1.165) is 24.4 Å². The van der Waals surface area contributed by atoms with Crippen molar-refractivity contribution < 1.29 is 9.53 Å². The summed E-state index contributed by atoms with van der Waals surface area (Å²) in [4.78, 5) is 16.3. The largest absolute Gasteiger partial charge is 0.482 e. The summed E-state index contributed by atoms with van der Waals surface area (Å²) in [5.41, 5.74) is 1.53. The van der Waals surface area contributed by atoms with E-state index in [1.54, 1.807) is 0 Å². The fraction of sp³-hybridized carbons (Fsp3) is 0.625. The predicted molar refractivity (Wildman–Crippen MR) is 84.4 cm³/mol. The molecule has 1 aromatic rings. The van der Waals surface area contributed by atoms with Gasteiger partial charge < -0.3 is 15.4 Å². The van der Waals surface area contributed by atoms with Crippen LogP contribution >= 0.6 is 0 Å². The van der Waals surface area contributed by atoms with Crippen LogP contribution in [0.5, 0.6) is 5.75 Å². The van der Waals surface area contributed by atoms with E-state index in [9.17, 15) is 4.79 Å². The van der Waals surface area contributed by atoms with E-state index in [4.69, 9.17) is 4.74 Å². The minimum Gasteiger partial charge on any atom is -0.482 e. The molecule has 0 saturated heterocycles. The summed E-state index contributed by atoms with van der Waals surface area (Å²) in [7, 11) is 0. The second-order valence-corrected chi connectivity index (χ2v) is 6.16. The summed E-state index contributed by atoms with van der Waals surface area (Å²) in [5.74, 6) is 0.531. The normalized spacial score (nSPS) is 11.3. The predicted octanol–water partition coefficient (Wildman–Crippen LogP) is 2.18. The lowest BCUT2D eigenvalue weighted by atomic mass is 10.1. The Morgan fingerprint density at radius 1 is 1.33 bits per heavy atom. The van der Waals surface area contributed by atoms with Gasteiger partial charge in [0.15, 0.2) is 6.61 Å². The van der Waals surface area contributed by atoms with Crippen molar-refractivity contribution in [1.82, 2.24) is 15.6 Å². The van der Waals surface area contributed by atoms with Crippen molar-refractivity contribution in [2.45, 2.75) is 53.1 Å². The van der Waals surface area contributed by atoms with Gasteiger partial charge in [-0.3, -0.25) is 9.78 Å². The van der Waals surface area contributed by atoms with Crippen LogP contribution in [0.1, 0.15) is 45.5 Å². The number of pyridine rings is 1. The van der Waals surface area contributed by atoms with Crippen LogP contribution in [-0.2, 0) is 11.3 Å². The monoisotopic (exact) mass is 293 g/mol. The third kappa shape index (κ3) is 7.09. The van der Waals surface area contributed by atoms with Crippen molar-refractivity contribution in [3.8, 4) is 5.75 Å². The summed E-state index contributed by atoms with van der Waals surface area (Å²) < 4.78 is 5.62. The minimum absolute atomic E-state index is 0.00277. The fourth-order valence-electron chi connectivity index (χ4n) is 1.84. The topological polar surface area (TPSA) is 63.3 Å². The molecular formula is C16H27N3O2. The standard InChI is InChI=1S/C16H27N3O2/c1-6-9-17-10-13-14(8-7-12(2)18-13)21-11-15(20)19-16(3,4)5/h7-8,17H,6,9-11H2,1-5H3,(H,19,20). The number of nitrogens with one attached hydrogen (secondary N) is 2. The van der Waals surface area contributed by atoms with Gasteiger partial charge in [-0.2, -0.15) is 0 Å². The zero-order valence-electron chi connectivity index (χ0n) is 13.7. The summed E-state index contributed by atoms with van der Waals surface area (Å²) in [5, 5.41) is 6.17. The van der Waals surface area contributed by atoms with Gasteiger partial charge in [0.05, 0.1) is 5.69 Å². The number of carbonyl (C=O) groups excluding carboxylic acids is 1. The van der Waals surface area contributed by atoms with Gasteiger partial charge in [0.25, 0.3) is 5.91 Å². The van der Waals surface area contributed by atoms with E-state index in [-0.39, 0.29) is 18.1 Å². The van der Waals surface area contributed by atoms with Crippen molar-refractivity contribution in [2.24, 2.45) is 0 Å². The maximum Gasteiger partial charge on any atom is 0.258 e. The average molecular weight is 293 g/mol. The summed E-state index contributed by atoms with van der Waals surface area (Å²) >= 11 is 0. The van der Waals surface area contributed by atoms with E-state index in [1.807, 2.05) is 39.8 Å². The van der Waals surface area contributed by atoms with Gasteiger partial charge >= 0.3 is 0 Å². The van der Waals surface area contributed by atoms with Gasteiger partial charge in [0.2, 0.25) is 0 Å². The van der Waals surface area contributed by atoms with E-state index >= 15 is 0 Å². The third-order valence-corrected chi connectivity index (χ3v) is 2.66. The SMILES string of the molecule is CCCNCc1nc(C)ccc1OCC(=O)NC(C)(C)C. The van der Waals surface area contributed by atoms with Crippen LogP contribution in [-0.4, -0.2) is 29.6 Å². The molecule has 0 spiro atoms. The Balaban J connectivity index is 2.63. The number of hydrogen-bond acceptors (Lipinski definition) is 4. The average Bonchev–Trinajstić information content (AvgIpc) is 2.36. The highest BCUT2D eigenvalue weighted by Crippen LogP contribution is 2.16. The molecule has 1 amide bonds. The van der Waals surface area contributed by atoms with Crippen molar-refractivity contribution in [1.29, 1.82) is 0 Å². The maximum atomic E-state index is 11.8. The lowest BCUT2D eigenvalue weighted by Gasteiger charge is -2.20. The molecular weight excluding hydrogens is 266 g/mol. The Labute approximate surface area is 127 Å². The zero-order valence-corrected chi connectivity index (χ0v) is 13.7. The number of aryl methyl sites for hydroxylation is 1. The lowest BCUT2D eigenvalue weighted by Crippen LogP contribution is -2.43. The van der Waals surface area contributed by atoms with E-state index in [2.05, 4.69) is 22.5 Å². The van der Waals surface area contributed by atoms with E-state index in [1.165, 1.54) is 0 Å². The Bertz CT molecular complexity index is 467. The molecule has 2 N–H and O–H groups in total. The molecule has 0 atom stereocenters. The maximum absolute atomic E-state index is 11.8. The van der Waals surface area contributed by atoms with Crippen molar-refractivity contribution in [3.05, 3.63) is 23.5 Å². The first-order valence-corrected chi connectivity index (χ1v) is 7.43. The van der Waals surface area contributed by atoms with Gasteiger partial charge in [-0.1, -0.05) is 6.92 Å².